The van der Waals surface area contributed by atoms with Gasteiger partial charge in [0.25, 0.3) is 0 Å². The Morgan fingerprint density at radius 2 is 2.08 bits per heavy atom. The van der Waals surface area contributed by atoms with Crippen LogP contribution in [0.4, 0.5) is 0 Å². The molecule has 0 saturated heterocycles. The van der Waals surface area contributed by atoms with E-state index in [0.29, 0.717) is 23.7 Å². The first kappa shape index (κ1) is 18.9. The number of hydrogen-bond acceptors (Lipinski definition) is 1. The molecule has 3 saturated carbocycles. The number of hydrogen-bond donors (Lipinski definition) is 1. The van der Waals surface area contributed by atoms with E-state index < -0.39 is 0 Å². The van der Waals surface area contributed by atoms with Crippen molar-refractivity contribution in [3.05, 3.63) is 17.5 Å². The fourth-order valence-corrected chi connectivity index (χ4v) is 6.97. The molecular formula is C22H37N2O-. The summed E-state index contributed by atoms with van der Waals surface area (Å²) in [4.78, 5) is 11.0. The predicted molar refractivity (Wildman–Crippen MR) is 104 cm³/mol. The van der Waals surface area contributed by atoms with E-state index in [-0.39, 0.29) is 11.1 Å². The highest BCUT2D eigenvalue weighted by Crippen LogP contribution is 2.63. The Labute approximate surface area is 154 Å². The highest BCUT2D eigenvalue weighted by Gasteiger charge is 2.55. The van der Waals surface area contributed by atoms with Crippen molar-refractivity contribution >= 4 is 6.41 Å². The molecule has 0 aromatic carbocycles. The second-order valence-electron chi connectivity index (χ2n) is 9.89. The first-order chi connectivity index (χ1) is 11.8. The van der Waals surface area contributed by atoms with Crippen molar-refractivity contribution in [2.75, 3.05) is 7.05 Å². The zero-order valence-electron chi connectivity index (χ0n) is 16.8. The van der Waals surface area contributed by atoms with Gasteiger partial charge in [0.15, 0.2) is 0 Å². The monoisotopic (exact) mass is 345 g/mol. The third-order valence-electron chi connectivity index (χ3n) is 8.08. The summed E-state index contributed by atoms with van der Waals surface area (Å²) in [6.45, 7) is 13.7. The smallest absolute Gasteiger partial charge is 0.207 e. The maximum atomic E-state index is 11.0. The zero-order valence-corrected chi connectivity index (χ0v) is 16.8. The Balaban J connectivity index is 1.96. The van der Waals surface area contributed by atoms with E-state index in [1.54, 1.807) is 0 Å². The molecule has 3 nitrogen and oxygen atoms in total. The quantitative estimate of drug-likeness (QED) is 0.557. The van der Waals surface area contributed by atoms with Crippen LogP contribution < -0.4 is 5.32 Å². The molecule has 3 aliphatic rings. The van der Waals surface area contributed by atoms with Gasteiger partial charge < -0.3 is 10.6 Å². The van der Waals surface area contributed by atoms with Gasteiger partial charge in [-0.25, -0.2) is 0 Å². The van der Waals surface area contributed by atoms with E-state index in [0.717, 1.165) is 31.1 Å². The minimum absolute atomic E-state index is 0.150. The molecule has 0 spiro atoms. The minimum Gasteiger partial charge on any atom is -0.659 e. The van der Waals surface area contributed by atoms with Crippen LogP contribution in [0.25, 0.3) is 5.32 Å². The average Bonchev–Trinajstić information content (AvgIpc) is 2.54. The maximum absolute atomic E-state index is 11.0. The molecule has 1 amide bonds. The van der Waals surface area contributed by atoms with Gasteiger partial charge >= 0.3 is 0 Å². The summed E-state index contributed by atoms with van der Waals surface area (Å²) >= 11 is 0. The number of nitrogens with one attached hydrogen (secondary N) is 1. The van der Waals surface area contributed by atoms with Crippen LogP contribution in [0.2, 0.25) is 0 Å². The fraction of sp³-hybridized carbons (Fsp3) is 0.864. The third kappa shape index (κ3) is 3.07. The second kappa shape index (κ2) is 6.72. The van der Waals surface area contributed by atoms with Crippen molar-refractivity contribution in [3.8, 4) is 0 Å². The lowest BCUT2D eigenvalue weighted by atomic mass is 9.44. The van der Waals surface area contributed by atoms with Crippen molar-refractivity contribution < 1.29 is 4.79 Å². The molecule has 0 aromatic rings. The summed E-state index contributed by atoms with van der Waals surface area (Å²) in [6.07, 6.45) is 8.17. The third-order valence-corrected chi connectivity index (χ3v) is 8.08. The lowest BCUT2D eigenvalue weighted by molar-refractivity contribution is -0.111. The lowest BCUT2D eigenvalue weighted by Gasteiger charge is -2.69. The van der Waals surface area contributed by atoms with Crippen LogP contribution in [0.3, 0.4) is 0 Å². The van der Waals surface area contributed by atoms with Crippen molar-refractivity contribution in [1.29, 1.82) is 0 Å². The average molecular weight is 346 g/mol. The SMILES string of the molecule is C=C1CC[C@]2([N-]C)[C@H]3[C@@H](CC[C@H]2C)[C@H](C)C[C@H](CC(C)(C)NC=O)[C@@H]13. The standard InChI is InChI=1S/C22H37N2O/c1-14-9-10-22(23-6)16(3)7-8-18-15(2)11-17(19(14)20(18)22)12-21(4,5)24-13-25/h13,15-20H,1,7-12H2,2-6H3,(H,24,25)/q-1/t15-,16-,17-,18+,19-,20+,22-/m1/s1. The Morgan fingerprint density at radius 3 is 2.72 bits per heavy atom. The number of nitrogens with zero attached hydrogens (tertiary/aromatic N) is 1. The van der Waals surface area contributed by atoms with Crippen molar-refractivity contribution in [1.82, 2.24) is 5.32 Å². The first-order valence-corrected chi connectivity index (χ1v) is 10.3. The second-order valence-corrected chi connectivity index (χ2v) is 9.89. The normalized spacial score (nSPS) is 44.1. The topological polar surface area (TPSA) is 43.2 Å². The summed E-state index contributed by atoms with van der Waals surface area (Å²) in [5.41, 5.74) is 1.47. The molecule has 3 aliphatic carbocycles. The minimum atomic E-state index is -0.150. The molecule has 0 aliphatic heterocycles. The van der Waals surface area contributed by atoms with E-state index in [1.807, 2.05) is 0 Å². The van der Waals surface area contributed by atoms with Gasteiger partial charge in [-0.1, -0.05) is 44.8 Å². The molecule has 1 N–H and O–H groups in total. The molecule has 142 valence electrons. The van der Waals surface area contributed by atoms with Gasteiger partial charge in [0.05, 0.1) is 0 Å². The maximum Gasteiger partial charge on any atom is 0.207 e. The molecule has 0 aromatic heterocycles. The highest BCUT2D eigenvalue weighted by molar-refractivity contribution is 5.47. The van der Waals surface area contributed by atoms with Crippen molar-refractivity contribution in [2.45, 2.75) is 77.3 Å². The first-order valence-electron chi connectivity index (χ1n) is 10.3. The molecule has 0 radical (unpaired) electrons. The van der Waals surface area contributed by atoms with Crippen LogP contribution >= 0.6 is 0 Å². The Bertz CT molecular complexity index is 528. The summed E-state index contributed by atoms with van der Waals surface area (Å²) in [5.74, 6) is 4.06. The molecule has 7 atom stereocenters. The van der Waals surface area contributed by atoms with Crippen LogP contribution in [0.15, 0.2) is 12.2 Å². The summed E-state index contributed by atoms with van der Waals surface area (Å²) in [7, 11) is 2.07. The van der Waals surface area contributed by atoms with E-state index in [9.17, 15) is 4.79 Å². The molecule has 0 unspecified atom stereocenters. The number of carbonyl (C=O) groups is 1. The number of allylic oxidation sites excluding steroid dienone is 1. The summed E-state index contributed by atoms with van der Waals surface area (Å²) < 4.78 is 0. The molecule has 0 bridgehead atoms. The number of amides is 1. The molecule has 3 heteroatoms. The number of carbonyl (C=O) groups excluding carboxylic acids is 1. The predicted octanol–water partition coefficient (Wildman–Crippen LogP) is 4.93. The zero-order chi connectivity index (χ0) is 18.4. The number of rotatable bonds is 5. The van der Waals surface area contributed by atoms with Gasteiger partial charge in [-0.2, -0.15) is 7.05 Å². The van der Waals surface area contributed by atoms with Crippen molar-refractivity contribution in [3.63, 3.8) is 0 Å². The Morgan fingerprint density at radius 1 is 1.36 bits per heavy atom. The summed E-state index contributed by atoms with van der Waals surface area (Å²) in [5, 5.41) is 8.13. The highest BCUT2D eigenvalue weighted by atomic mass is 16.1. The van der Waals surface area contributed by atoms with Gasteiger partial charge in [-0.15, -0.1) is 5.54 Å². The molecule has 3 rings (SSSR count). The Hall–Kier alpha value is -0.830. The van der Waals surface area contributed by atoms with Crippen LogP contribution in [0.5, 0.6) is 0 Å². The van der Waals surface area contributed by atoms with Crippen LogP contribution in [0, 0.1) is 35.5 Å². The summed E-state index contributed by atoms with van der Waals surface area (Å²) in [6, 6.07) is 0. The van der Waals surface area contributed by atoms with E-state index in [4.69, 9.17) is 5.32 Å². The Kier molecular flexibility index (Phi) is 5.09. The van der Waals surface area contributed by atoms with Crippen molar-refractivity contribution in [2.24, 2.45) is 35.5 Å². The molecule has 3 fully saturated rings. The molecule has 25 heavy (non-hydrogen) atoms. The van der Waals surface area contributed by atoms with Crippen LogP contribution in [-0.4, -0.2) is 24.5 Å². The molecule has 0 heterocycles. The van der Waals surface area contributed by atoms with Gasteiger partial charge in [0.2, 0.25) is 6.41 Å². The van der Waals surface area contributed by atoms with E-state index >= 15 is 0 Å². The van der Waals surface area contributed by atoms with E-state index in [2.05, 4.69) is 46.6 Å². The van der Waals surface area contributed by atoms with E-state index in [1.165, 1.54) is 31.3 Å². The lowest BCUT2D eigenvalue weighted by Crippen LogP contribution is -2.60. The van der Waals surface area contributed by atoms with Gasteiger partial charge in [-0.05, 0) is 69.1 Å². The van der Waals surface area contributed by atoms with Gasteiger partial charge in [0.1, 0.15) is 0 Å². The largest absolute Gasteiger partial charge is 0.659 e. The van der Waals surface area contributed by atoms with Crippen LogP contribution in [0.1, 0.15) is 66.2 Å². The fourth-order valence-electron chi connectivity index (χ4n) is 6.97. The van der Waals surface area contributed by atoms with Gasteiger partial charge in [-0.3, -0.25) is 4.79 Å². The van der Waals surface area contributed by atoms with Gasteiger partial charge in [0, 0.05) is 5.54 Å². The van der Waals surface area contributed by atoms with Crippen LogP contribution in [-0.2, 0) is 4.79 Å². The molecular weight excluding hydrogens is 308 g/mol.